The van der Waals surface area contributed by atoms with Crippen LogP contribution in [0.25, 0.3) is 0 Å². The minimum absolute atomic E-state index is 0.163. The molecule has 2 rings (SSSR count). The van der Waals surface area contributed by atoms with E-state index >= 15 is 0 Å². The number of amides is 1. The number of hydrogen-bond acceptors (Lipinski definition) is 3. The minimum atomic E-state index is -0.163. The van der Waals surface area contributed by atoms with Gasteiger partial charge in [0.25, 0.3) is 5.91 Å². The van der Waals surface area contributed by atoms with Crippen molar-refractivity contribution in [3.63, 3.8) is 0 Å². The molecule has 0 aliphatic heterocycles. The molecule has 0 aliphatic carbocycles. The van der Waals surface area contributed by atoms with E-state index in [1.165, 1.54) is 0 Å². The molecule has 1 N–H and O–H groups in total. The maximum absolute atomic E-state index is 12.2. The predicted octanol–water partition coefficient (Wildman–Crippen LogP) is 2.96. The molecule has 2 aromatic rings. The van der Waals surface area contributed by atoms with E-state index in [2.05, 4.69) is 10.3 Å². The Morgan fingerprint density at radius 3 is 2.74 bits per heavy atom. The van der Waals surface area contributed by atoms with Gasteiger partial charge in [-0.1, -0.05) is 6.07 Å². The van der Waals surface area contributed by atoms with Crippen molar-refractivity contribution >= 4 is 11.6 Å². The molecular formula is C15H16N2O2. The number of methoxy groups -OCH3 is 1. The molecule has 0 radical (unpaired) electrons. The lowest BCUT2D eigenvalue weighted by molar-refractivity contribution is 0.102. The van der Waals surface area contributed by atoms with Crippen molar-refractivity contribution in [2.45, 2.75) is 13.8 Å². The summed E-state index contributed by atoms with van der Waals surface area (Å²) in [6, 6.07) is 7.36. The molecule has 0 saturated heterocycles. The minimum Gasteiger partial charge on any atom is -0.495 e. The molecule has 1 aromatic heterocycles. The Balaban J connectivity index is 2.29. The highest BCUT2D eigenvalue weighted by Gasteiger charge is 2.11. The number of carbonyl (C=O) groups is 1. The lowest BCUT2D eigenvalue weighted by atomic mass is 10.1. The topological polar surface area (TPSA) is 51.2 Å². The maximum atomic E-state index is 12.2. The Hall–Kier alpha value is -2.36. The molecule has 4 nitrogen and oxygen atoms in total. The van der Waals surface area contributed by atoms with Crippen molar-refractivity contribution in [2.24, 2.45) is 0 Å². The Morgan fingerprint density at radius 1 is 1.26 bits per heavy atom. The summed E-state index contributed by atoms with van der Waals surface area (Å²) in [5.74, 6) is 0.481. The summed E-state index contributed by atoms with van der Waals surface area (Å²) in [5.41, 5.74) is 3.18. The van der Waals surface area contributed by atoms with Gasteiger partial charge < -0.3 is 10.1 Å². The number of hydrogen-bond donors (Lipinski definition) is 1. The molecule has 0 atom stereocenters. The molecule has 0 spiro atoms. The first-order valence-electron chi connectivity index (χ1n) is 5.98. The molecule has 0 aliphatic rings. The number of anilines is 1. The van der Waals surface area contributed by atoms with Gasteiger partial charge in [-0.05, 0) is 43.2 Å². The number of aromatic nitrogens is 1. The molecule has 19 heavy (non-hydrogen) atoms. The first-order valence-corrected chi connectivity index (χ1v) is 5.98. The van der Waals surface area contributed by atoms with Crippen LogP contribution in [0.2, 0.25) is 0 Å². The van der Waals surface area contributed by atoms with Crippen molar-refractivity contribution in [2.75, 3.05) is 12.4 Å². The zero-order valence-electron chi connectivity index (χ0n) is 11.2. The average Bonchev–Trinajstić information content (AvgIpc) is 2.39. The third kappa shape index (κ3) is 2.91. The summed E-state index contributed by atoms with van der Waals surface area (Å²) in [6.45, 7) is 3.82. The molecule has 0 bridgehead atoms. The Kier molecular flexibility index (Phi) is 3.80. The smallest absolute Gasteiger partial charge is 0.256 e. The lowest BCUT2D eigenvalue weighted by Crippen LogP contribution is -2.14. The van der Waals surface area contributed by atoms with Crippen LogP contribution in [0, 0.1) is 13.8 Å². The number of rotatable bonds is 3. The number of ether oxygens (including phenoxy) is 1. The van der Waals surface area contributed by atoms with Crippen LogP contribution < -0.4 is 10.1 Å². The lowest BCUT2D eigenvalue weighted by Gasteiger charge is -2.11. The first kappa shape index (κ1) is 13.1. The quantitative estimate of drug-likeness (QED) is 0.918. The molecule has 1 heterocycles. The number of nitrogens with zero attached hydrogens (tertiary/aromatic N) is 1. The predicted molar refractivity (Wildman–Crippen MR) is 74.7 cm³/mol. The normalized spacial score (nSPS) is 10.1. The van der Waals surface area contributed by atoms with Crippen molar-refractivity contribution < 1.29 is 9.53 Å². The Bertz CT molecular complexity index is 609. The highest BCUT2D eigenvalue weighted by molar-refractivity contribution is 6.05. The highest BCUT2D eigenvalue weighted by Crippen LogP contribution is 2.25. The number of nitrogens with one attached hydrogen (secondary N) is 1. The van der Waals surface area contributed by atoms with E-state index < -0.39 is 0 Å². The van der Waals surface area contributed by atoms with Crippen molar-refractivity contribution in [3.05, 3.63) is 53.3 Å². The van der Waals surface area contributed by atoms with E-state index in [0.29, 0.717) is 17.0 Å². The van der Waals surface area contributed by atoms with Crippen LogP contribution in [0.3, 0.4) is 0 Å². The number of pyridine rings is 1. The largest absolute Gasteiger partial charge is 0.495 e. The van der Waals surface area contributed by atoms with Gasteiger partial charge in [0.05, 0.1) is 12.8 Å². The van der Waals surface area contributed by atoms with Gasteiger partial charge in [0.2, 0.25) is 0 Å². The second-order valence-corrected chi connectivity index (χ2v) is 4.35. The van der Waals surface area contributed by atoms with Gasteiger partial charge >= 0.3 is 0 Å². The standard InChI is InChI=1S/C15H16N2O2/c1-10-4-5-14(19-3)13(8-10)17-15(18)12-6-7-16-9-11(12)2/h4-9H,1-3H3,(H,17,18). The molecule has 1 aromatic carbocycles. The molecule has 0 unspecified atom stereocenters. The first-order chi connectivity index (χ1) is 9.11. The fourth-order valence-electron chi connectivity index (χ4n) is 1.84. The molecule has 0 fully saturated rings. The van der Waals surface area contributed by atoms with Crippen LogP contribution in [0.1, 0.15) is 21.5 Å². The van der Waals surface area contributed by atoms with Crippen LogP contribution in [0.4, 0.5) is 5.69 Å². The van der Waals surface area contributed by atoms with E-state index in [4.69, 9.17) is 4.74 Å². The summed E-state index contributed by atoms with van der Waals surface area (Å²) in [7, 11) is 1.58. The third-order valence-corrected chi connectivity index (χ3v) is 2.87. The van der Waals surface area contributed by atoms with Crippen LogP contribution in [0.15, 0.2) is 36.7 Å². The summed E-state index contributed by atoms with van der Waals surface area (Å²) in [4.78, 5) is 16.2. The molecule has 0 saturated carbocycles. The van der Waals surface area contributed by atoms with Crippen LogP contribution in [0.5, 0.6) is 5.75 Å². The van der Waals surface area contributed by atoms with E-state index in [1.807, 2.05) is 32.0 Å². The maximum Gasteiger partial charge on any atom is 0.256 e. The summed E-state index contributed by atoms with van der Waals surface area (Å²) >= 11 is 0. The molecule has 98 valence electrons. The van der Waals surface area contributed by atoms with Gasteiger partial charge in [-0.15, -0.1) is 0 Å². The fraction of sp³-hybridized carbons (Fsp3) is 0.200. The molecular weight excluding hydrogens is 240 g/mol. The van der Waals surface area contributed by atoms with Crippen molar-refractivity contribution in [1.29, 1.82) is 0 Å². The van der Waals surface area contributed by atoms with Gasteiger partial charge in [0.15, 0.2) is 0 Å². The summed E-state index contributed by atoms with van der Waals surface area (Å²) in [5, 5.41) is 2.87. The third-order valence-electron chi connectivity index (χ3n) is 2.87. The van der Waals surface area contributed by atoms with Gasteiger partial charge in [-0.25, -0.2) is 0 Å². The van der Waals surface area contributed by atoms with Gasteiger partial charge in [0, 0.05) is 18.0 Å². The Morgan fingerprint density at radius 2 is 2.05 bits per heavy atom. The van der Waals surface area contributed by atoms with Gasteiger partial charge in [-0.3, -0.25) is 9.78 Å². The fourth-order valence-corrected chi connectivity index (χ4v) is 1.84. The van der Waals surface area contributed by atoms with Crippen molar-refractivity contribution in [3.8, 4) is 5.75 Å². The number of aryl methyl sites for hydroxylation is 2. The SMILES string of the molecule is COc1ccc(C)cc1NC(=O)c1ccncc1C. The van der Waals surface area contributed by atoms with Gasteiger partial charge in [-0.2, -0.15) is 0 Å². The monoisotopic (exact) mass is 256 g/mol. The van der Waals surface area contributed by atoms with Crippen LogP contribution in [-0.2, 0) is 0 Å². The zero-order valence-corrected chi connectivity index (χ0v) is 11.2. The average molecular weight is 256 g/mol. The second kappa shape index (κ2) is 5.52. The van der Waals surface area contributed by atoms with E-state index in [9.17, 15) is 4.79 Å². The number of carbonyl (C=O) groups excluding carboxylic acids is 1. The number of benzene rings is 1. The van der Waals surface area contributed by atoms with Crippen LogP contribution in [-0.4, -0.2) is 18.0 Å². The van der Waals surface area contributed by atoms with E-state index in [0.717, 1.165) is 11.1 Å². The Labute approximate surface area is 112 Å². The summed E-state index contributed by atoms with van der Waals surface area (Å²) < 4.78 is 5.24. The van der Waals surface area contributed by atoms with Crippen molar-refractivity contribution in [1.82, 2.24) is 4.98 Å². The van der Waals surface area contributed by atoms with E-state index in [1.54, 1.807) is 25.6 Å². The molecule has 4 heteroatoms. The van der Waals surface area contributed by atoms with Crippen LogP contribution >= 0.6 is 0 Å². The summed E-state index contributed by atoms with van der Waals surface area (Å²) in [6.07, 6.45) is 3.28. The van der Waals surface area contributed by atoms with Gasteiger partial charge in [0.1, 0.15) is 5.75 Å². The zero-order chi connectivity index (χ0) is 13.8. The highest BCUT2D eigenvalue weighted by atomic mass is 16.5. The van der Waals surface area contributed by atoms with E-state index in [-0.39, 0.29) is 5.91 Å². The second-order valence-electron chi connectivity index (χ2n) is 4.35. The molecule has 1 amide bonds.